The van der Waals surface area contributed by atoms with Gasteiger partial charge >= 0.3 is 0 Å². The molecule has 2 fully saturated rings. The van der Waals surface area contributed by atoms with Crippen molar-refractivity contribution in [2.24, 2.45) is 7.05 Å². The Morgan fingerprint density at radius 1 is 0.875 bits per heavy atom. The Morgan fingerprint density at radius 2 is 1.33 bits per heavy atom. The molecule has 0 radical (unpaired) electrons. The van der Waals surface area contributed by atoms with Crippen molar-refractivity contribution in [2.75, 3.05) is 26.4 Å². The summed E-state index contributed by atoms with van der Waals surface area (Å²) >= 11 is 0. The monoisotopic (exact) mass is 325 g/mol. The first kappa shape index (κ1) is 14.1. The van der Waals surface area contributed by atoms with E-state index in [1.165, 1.54) is 0 Å². The Hall–Kier alpha value is -2.24. The lowest BCUT2D eigenvalue weighted by molar-refractivity contribution is 0.264. The molecule has 5 nitrogen and oxygen atoms in total. The van der Waals surface area contributed by atoms with E-state index >= 15 is 0 Å². The van der Waals surface area contributed by atoms with Crippen molar-refractivity contribution < 1.29 is 18.9 Å². The highest BCUT2D eigenvalue weighted by Gasteiger charge is 2.26. The molecule has 0 aliphatic carbocycles. The van der Waals surface area contributed by atoms with Crippen molar-refractivity contribution in [1.82, 2.24) is 4.57 Å². The van der Waals surface area contributed by atoms with E-state index in [4.69, 9.17) is 18.9 Å². The molecule has 124 valence electrons. The van der Waals surface area contributed by atoms with Crippen molar-refractivity contribution in [2.45, 2.75) is 12.2 Å². The summed E-state index contributed by atoms with van der Waals surface area (Å²) in [4.78, 5) is 0. The molecule has 3 heterocycles. The molecule has 2 saturated heterocycles. The Morgan fingerprint density at radius 3 is 1.75 bits per heavy atom. The second kappa shape index (κ2) is 5.40. The highest BCUT2D eigenvalue weighted by Crippen LogP contribution is 2.40. The molecule has 2 unspecified atom stereocenters. The number of nitrogens with zero attached hydrogens (tertiary/aromatic N) is 1. The van der Waals surface area contributed by atoms with Crippen molar-refractivity contribution >= 4 is 21.8 Å². The largest absolute Gasteiger partial charge is 0.490 e. The average molecular weight is 325 g/mol. The van der Waals surface area contributed by atoms with Crippen LogP contribution in [0.5, 0.6) is 11.5 Å². The number of hydrogen-bond acceptors (Lipinski definition) is 4. The first-order valence-electron chi connectivity index (χ1n) is 8.30. The normalized spacial score (nSPS) is 22.0. The van der Waals surface area contributed by atoms with Crippen LogP contribution in [0.4, 0.5) is 0 Å². The maximum atomic E-state index is 6.04. The van der Waals surface area contributed by atoms with Gasteiger partial charge in [-0.05, 0) is 24.3 Å². The maximum Gasteiger partial charge on any atom is 0.129 e. The number of fused-ring (bicyclic) bond motifs is 3. The topological polar surface area (TPSA) is 48.5 Å². The fourth-order valence-electron chi connectivity index (χ4n) is 3.16. The highest BCUT2D eigenvalue weighted by molar-refractivity contribution is 6.14. The lowest BCUT2D eigenvalue weighted by Gasteiger charge is -2.09. The number of benzene rings is 2. The molecule has 5 rings (SSSR count). The second-order valence-corrected chi connectivity index (χ2v) is 6.39. The van der Waals surface area contributed by atoms with Gasteiger partial charge < -0.3 is 23.5 Å². The molecule has 0 spiro atoms. The third-order valence-corrected chi connectivity index (χ3v) is 4.64. The summed E-state index contributed by atoms with van der Waals surface area (Å²) in [6.07, 6.45) is 0.468. The fraction of sp³-hybridized carbons (Fsp3) is 0.368. The van der Waals surface area contributed by atoms with Crippen LogP contribution in [0.3, 0.4) is 0 Å². The minimum atomic E-state index is 0.234. The van der Waals surface area contributed by atoms with Crippen LogP contribution in [0.2, 0.25) is 0 Å². The zero-order valence-corrected chi connectivity index (χ0v) is 13.5. The van der Waals surface area contributed by atoms with Crippen LogP contribution in [0.1, 0.15) is 0 Å². The van der Waals surface area contributed by atoms with Gasteiger partial charge in [-0.3, -0.25) is 0 Å². The Balaban J connectivity index is 1.65. The maximum absolute atomic E-state index is 6.04. The van der Waals surface area contributed by atoms with Crippen molar-refractivity contribution in [3.8, 4) is 11.5 Å². The van der Waals surface area contributed by atoms with Crippen molar-refractivity contribution in [1.29, 1.82) is 0 Å². The number of aromatic nitrogens is 1. The van der Waals surface area contributed by atoms with Crippen LogP contribution in [0, 0.1) is 0 Å². The van der Waals surface area contributed by atoms with E-state index in [0.29, 0.717) is 13.2 Å². The Bertz CT molecular complexity index is 835. The number of hydrogen-bond donors (Lipinski definition) is 0. The summed E-state index contributed by atoms with van der Waals surface area (Å²) in [6.45, 7) is 2.77. The predicted octanol–water partition coefficient (Wildman–Crippen LogP) is 2.89. The molecule has 3 aromatic rings. The van der Waals surface area contributed by atoms with Gasteiger partial charge in [-0.25, -0.2) is 0 Å². The van der Waals surface area contributed by atoms with Crippen LogP contribution in [-0.2, 0) is 16.5 Å². The van der Waals surface area contributed by atoms with Crippen LogP contribution in [-0.4, -0.2) is 43.2 Å². The van der Waals surface area contributed by atoms with Crippen molar-refractivity contribution in [3.63, 3.8) is 0 Å². The molecule has 5 heteroatoms. The summed E-state index contributed by atoms with van der Waals surface area (Å²) < 4.78 is 24.8. The standard InChI is InChI=1S/C19H19NO4/c1-20-14-4-2-6-16(23-10-12-8-21-12)18(14)19-15(20)5-3-7-17(19)24-11-13-9-22-13/h2-7,12-13H,8-11H2,1H3. The summed E-state index contributed by atoms with van der Waals surface area (Å²) in [5, 5.41) is 2.20. The molecule has 2 aromatic carbocycles. The lowest BCUT2D eigenvalue weighted by atomic mass is 10.1. The minimum Gasteiger partial charge on any atom is -0.490 e. The van der Waals surface area contributed by atoms with Gasteiger partial charge in [0.1, 0.15) is 36.9 Å². The van der Waals surface area contributed by atoms with E-state index in [0.717, 1.165) is 46.5 Å². The quantitative estimate of drug-likeness (QED) is 0.654. The molecule has 1 aromatic heterocycles. The SMILES string of the molecule is Cn1c2cccc(OCC3CO3)c2c2c(OCC3CO3)cccc21. The minimum absolute atomic E-state index is 0.234. The lowest BCUT2D eigenvalue weighted by Crippen LogP contribution is -2.05. The molecule has 2 aliphatic rings. The van der Waals surface area contributed by atoms with E-state index in [1.54, 1.807) is 0 Å². The number of epoxide rings is 2. The Labute approximate surface area is 139 Å². The van der Waals surface area contributed by atoms with Crippen LogP contribution < -0.4 is 9.47 Å². The van der Waals surface area contributed by atoms with Gasteiger partial charge in [0.15, 0.2) is 0 Å². The molecule has 0 bridgehead atoms. The molecule has 0 N–H and O–H groups in total. The van der Waals surface area contributed by atoms with Gasteiger partial charge in [0.05, 0.1) is 35.0 Å². The van der Waals surface area contributed by atoms with Crippen LogP contribution >= 0.6 is 0 Å². The third-order valence-electron chi connectivity index (χ3n) is 4.64. The summed E-state index contributed by atoms with van der Waals surface area (Å²) in [7, 11) is 2.08. The van der Waals surface area contributed by atoms with E-state index in [-0.39, 0.29) is 12.2 Å². The summed E-state index contributed by atoms with van der Waals surface area (Å²) in [6, 6.07) is 12.3. The molecule has 2 aliphatic heterocycles. The third kappa shape index (κ3) is 2.41. The van der Waals surface area contributed by atoms with Crippen molar-refractivity contribution in [3.05, 3.63) is 36.4 Å². The zero-order valence-electron chi connectivity index (χ0n) is 13.5. The van der Waals surface area contributed by atoms with Gasteiger partial charge in [-0.15, -0.1) is 0 Å². The van der Waals surface area contributed by atoms with Gasteiger partial charge in [0, 0.05) is 7.05 Å². The zero-order chi connectivity index (χ0) is 16.1. The smallest absolute Gasteiger partial charge is 0.129 e. The molecule has 0 amide bonds. The first-order chi connectivity index (χ1) is 11.8. The van der Waals surface area contributed by atoms with E-state index in [1.807, 2.05) is 24.3 Å². The van der Waals surface area contributed by atoms with E-state index in [2.05, 4.69) is 23.7 Å². The van der Waals surface area contributed by atoms with Gasteiger partial charge in [0.25, 0.3) is 0 Å². The van der Waals surface area contributed by atoms with Gasteiger partial charge in [-0.2, -0.15) is 0 Å². The average Bonchev–Trinajstić information content (AvgIpc) is 3.52. The Kier molecular flexibility index (Phi) is 3.18. The highest BCUT2D eigenvalue weighted by atomic mass is 16.6. The summed E-state index contributed by atoms with van der Waals surface area (Å²) in [5.41, 5.74) is 2.27. The first-order valence-corrected chi connectivity index (χ1v) is 8.30. The fourth-order valence-corrected chi connectivity index (χ4v) is 3.16. The number of rotatable bonds is 6. The van der Waals surface area contributed by atoms with Gasteiger partial charge in [-0.1, -0.05) is 12.1 Å². The summed E-state index contributed by atoms with van der Waals surface area (Å²) in [5.74, 6) is 1.76. The van der Waals surface area contributed by atoms with E-state index < -0.39 is 0 Å². The van der Waals surface area contributed by atoms with Gasteiger partial charge in [0.2, 0.25) is 0 Å². The van der Waals surface area contributed by atoms with E-state index in [9.17, 15) is 0 Å². The molecule has 2 atom stereocenters. The molecule has 0 saturated carbocycles. The van der Waals surface area contributed by atoms with Crippen LogP contribution in [0.15, 0.2) is 36.4 Å². The number of ether oxygens (including phenoxy) is 4. The second-order valence-electron chi connectivity index (χ2n) is 6.39. The predicted molar refractivity (Wildman–Crippen MR) is 90.9 cm³/mol. The molecular formula is C19H19NO4. The van der Waals surface area contributed by atoms with Crippen LogP contribution in [0.25, 0.3) is 21.8 Å². The number of aryl methyl sites for hydroxylation is 1. The molecule has 24 heavy (non-hydrogen) atoms. The molecular weight excluding hydrogens is 306 g/mol.